The van der Waals surface area contributed by atoms with Crippen LogP contribution in [0.25, 0.3) is 10.2 Å². The summed E-state index contributed by atoms with van der Waals surface area (Å²) in [4.78, 5) is 20.7. The maximum atomic E-state index is 12.1. The van der Waals surface area contributed by atoms with Crippen LogP contribution in [-0.2, 0) is 0 Å². The number of para-hydroxylation sites is 1. The summed E-state index contributed by atoms with van der Waals surface area (Å²) in [6, 6.07) is 13.0. The summed E-state index contributed by atoms with van der Waals surface area (Å²) in [6.07, 6.45) is 0. The highest BCUT2D eigenvalue weighted by Crippen LogP contribution is 2.25. The Balaban J connectivity index is 1.84. The van der Waals surface area contributed by atoms with E-state index in [1.807, 2.05) is 24.3 Å². The topological polar surface area (TPSA) is 66.9 Å². The molecule has 0 bridgehead atoms. The predicted octanol–water partition coefficient (Wildman–Crippen LogP) is 2.99. The summed E-state index contributed by atoms with van der Waals surface area (Å²) < 4.78 is 1.04. The number of amides is 1. The number of hydrogen-bond acceptors (Lipinski definition) is 5. The highest BCUT2D eigenvalue weighted by molar-refractivity contribution is 7.22. The fourth-order valence-corrected chi connectivity index (χ4v) is 2.65. The van der Waals surface area contributed by atoms with Crippen molar-refractivity contribution in [1.29, 1.82) is 0 Å². The van der Waals surface area contributed by atoms with Gasteiger partial charge < -0.3 is 5.32 Å². The number of aromatic nitrogens is 2. The SMILES string of the molecule is CNc1cccc(C(=O)Nc2nc3ccccc3s2)n1. The number of thiazole rings is 1. The molecule has 0 saturated carbocycles. The molecule has 100 valence electrons. The third-order valence-electron chi connectivity index (χ3n) is 2.75. The Kier molecular flexibility index (Phi) is 3.30. The van der Waals surface area contributed by atoms with Gasteiger partial charge in [0.1, 0.15) is 11.5 Å². The normalized spacial score (nSPS) is 10.4. The van der Waals surface area contributed by atoms with Crippen LogP contribution < -0.4 is 10.6 Å². The molecule has 0 radical (unpaired) electrons. The molecule has 5 nitrogen and oxygen atoms in total. The van der Waals surface area contributed by atoms with E-state index in [-0.39, 0.29) is 5.91 Å². The van der Waals surface area contributed by atoms with E-state index in [1.54, 1.807) is 25.2 Å². The lowest BCUT2D eigenvalue weighted by atomic mass is 10.3. The van der Waals surface area contributed by atoms with Gasteiger partial charge in [-0.15, -0.1) is 0 Å². The van der Waals surface area contributed by atoms with E-state index in [0.29, 0.717) is 16.6 Å². The number of nitrogens with one attached hydrogen (secondary N) is 2. The van der Waals surface area contributed by atoms with Crippen molar-refractivity contribution >= 4 is 38.4 Å². The molecule has 3 aromatic rings. The molecule has 20 heavy (non-hydrogen) atoms. The summed E-state index contributed by atoms with van der Waals surface area (Å²) >= 11 is 1.44. The number of rotatable bonds is 3. The van der Waals surface area contributed by atoms with Gasteiger partial charge in [-0.05, 0) is 24.3 Å². The van der Waals surface area contributed by atoms with E-state index < -0.39 is 0 Å². The summed E-state index contributed by atoms with van der Waals surface area (Å²) in [5, 5.41) is 6.26. The first-order valence-electron chi connectivity index (χ1n) is 6.08. The van der Waals surface area contributed by atoms with Crippen molar-refractivity contribution < 1.29 is 4.79 Å². The Morgan fingerprint density at radius 2 is 1.95 bits per heavy atom. The number of hydrogen-bond donors (Lipinski definition) is 2. The zero-order valence-corrected chi connectivity index (χ0v) is 11.6. The molecule has 0 atom stereocenters. The standard InChI is InChI=1S/C14H12N4OS/c1-15-12-8-4-6-10(16-12)13(19)18-14-17-9-5-2-3-7-11(9)20-14/h2-8H,1H3,(H,15,16)(H,17,18,19). The number of benzene rings is 1. The van der Waals surface area contributed by atoms with Crippen molar-refractivity contribution in [3.05, 3.63) is 48.2 Å². The molecule has 0 saturated heterocycles. The fraction of sp³-hybridized carbons (Fsp3) is 0.0714. The molecule has 0 fully saturated rings. The first-order chi connectivity index (χ1) is 9.76. The van der Waals surface area contributed by atoms with Crippen LogP contribution in [0.15, 0.2) is 42.5 Å². The Morgan fingerprint density at radius 3 is 2.75 bits per heavy atom. The van der Waals surface area contributed by atoms with Gasteiger partial charge in [-0.2, -0.15) is 0 Å². The van der Waals surface area contributed by atoms with E-state index >= 15 is 0 Å². The average molecular weight is 284 g/mol. The number of carbonyl (C=O) groups is 1. The van der Waals surface area contributed by atoms with Gasteiger partial charge in [0.05, 0.1) is 10.2 Å². The van der Waals surface area contributed by atoms with Crippen LogP contribution in [0, 0.1) is 0 Å². The summed E-state index contributed by atoms with van der Waals surface area (Å²) in [5.74, 6) is 0.392. The molecule has 2 heterocycles. The third-order valence-corrected chi connectivity index (χ3v) is 3.70. The van der Waals surface area contributed by atoms with Gasteiger partial charge >= 0.3 is 0 Å². The Morgan fingerprint density at radius 1 is 1.10 bits per heavy atom. The van der Waals surface area contributed by atoms with Crippen LogP contribution in [0.1, 0.15) is 10.5 Å². The number of pyridine rings is 1. The highest BCUT2D eigenvalue weighted by Gasteiger charge is 2.11. The van der Waals surface area contributed by atoms with Gasteiger partial charge in [-0.1, -0.05) is 29.5 Å². The summed E-state index contributed by atoms with van der Waals surface area (Å²) in [5.41, 5.74) is 1.24. The maximum Gasteiger partial charge on any atom is 0.276 e. The zero-order chi connectivity index (χ0) is 13.9. The molecular weight excluding hydrogens is 272 g/mol. The lowest BCUT2D eigenvalue weighted by Crippen LogP contribution is -2.14. The highest BCUT2D eigenvalue weighted by atomic mass is 32.1. The van der Waals surface area contributed by atoms with E-state index in [0.717, 1.165) is 10.2 Å². The van der Waals surface area contributed by atoms with Crippen molar-refractivity contribution in [2.24, 2.45) is 0 Å². The monoisotopic (exact) mass is 284 g/mol. The lowest BCUT2D eigenvalue weighted by molar-refractivity contribution is 0.102. The molecule has 6 heteroatoms. The van der Waals surface area contributed by atoms with Crippen LogP contribution in [-0.4, -0.2) is 22.9 Å². The minimum Gasteiger partial charge on any atom is -0.373 e. The van der Waals surface area contributed by atoms with E-state index in [1.165, 1.54) is 11.3 Å². The number of anilines is 2. The second-order valence-electron chi connectivity index (χ2n) is 4.10. The van der Waals surface area contributed by atoms with Gasteiger partial charge in [0.15, 0.2) is 5.13 Å². The first kappa shape index (κ1) is 12.6. The minimum absolute atomic E-state index is 0.263. The Labute approximate surface area is 119 Å². The van der Waals surface area contributed by atoms with Crippen LogP contribution in [0.2, 0.25) is 0 Å². The van der Waals surface area contributed by atoms with Crippen molar-refractivity contribution in [3.63, 3.8) is 0 Å². The maximum absolute atomic E-state index is 12.1. The number of nitrogens with zero attached hydrogens (tertiary/aromatic N) is 2. The van der Waals surface area contributed by atoms with Gasteiger partial charge in [0.25, 0.3) is 5.91 Å². The van der Waals surface area contributed by atoms with Crippen LogP contribution in [0.4, 0.5) is 10.9 Å². The summed E-state index contributed by atoms with van der Waals surface area (Å²) in [7, 11) is 1.76. The zero-order valence-electron chi connectivity index (χ0n) is 10.8. The van der Waals surface area contributed by atoms with Gasteiger partial charge in [0.2, 0.25) is 0 Å². The molecule has 0 unspecified atom stereocenters. The van der Waals surface area contributed by atoms with Crippen LogP contribution in [0.3, 0.4) is 0 Å². The predicted molar refractivity (Wildman–Crippen MR) is 81.4 cm³/mol. The van der Waals surface area contributed by atoms with E-state index in [9.17, 15) is 4.79 Å². The van der Waals surface area contributed by atoms with E-state index in [2.05, 4.69) is 20.6 Å². The van der Waals surface area contributed by atoms with Crippen LogP contribution >= 0.6 is 11.3 Å². The quantitative estimate of drug-likeness (QED) is 0.776. The van der Waals surface area contributed by atoms with E-state index in [4.69, 9.17) is 0 Å². The molecule has 0 aliphatic carbocycles. The largest absolute Gasteiger partial charge is 0.373 e. The Hall–Kier alpha value is -2.47. The molecule has 3 rings (SSSR count). The fourth-order valence-electron chi connectivity index (χ4n) is 1.79. The number of fused-ring (bicyclic) bond motifs is 1. The second-order valence-corrected chi connectivity index (χ2v) is 5.13. The third kappa shape index (κ3) is 2.46. The summed E-state index contributed by atoms with van der Waals surface area (Å²) in [6.45, 7) is 0. The average Bonchev–Trinajstić information content (AvgIpc) is 2.89. The van der Waals surface area contributed by atoms with Gasteiger partial charge in [-0.25, -0.2) is 9.97 Å². The van der Waals surface area contributed by atoms with Crippen molar-refractivity contribution in [1.82, 2.24) is 9.97 Å². The van der Waals surface area contributed by atoms with Crippen molar-refractivity contribution in [2.45, 2.75) is 0 Å². The molecule has 1 amide bonds. The molecular formula is C14H12N4OS. The number of carbonyl (C=O) groups excluding carboxylic acids is 1. The molecule has 0 spiro atoms. The Bertz CT molecular complexity index is 735. The van der Waals surface area contributed by atoms with Crippen molar-refractivity contribution in [2.75, 3.05) is 17.7 Å². The second kappa shape index (κ2) is 5.26. The van der Waals surface area contributed by atoms with Crippen molar-refractivity contribution in [3.8, 4) is 0 Å². The first-order valence-corrected chi connectivity index (χ1v) is 6.89. The lowest BCUT2D eigenvalue weighted by Gasteiger charge is -2.03. The minimum atomic E-state index is -0.263. The molecule has 2 N–H and O–H groups in total. The van der Waals surface area contributed by atoms with Gasteiger partial charge in [0, 0.05) is 7.05 Å². The van der Waals surface area contributed by atoms with Crippen LogP contribution in [0.5, 0.6) is 0 Å². The molecule has 0 aliphatic rings. The molecule has 2 aromatic heterocycles. The van der Waals surface area contributed by atoms with Gasteiger partial charge in [-0.3, -0.25) is 10.1 Å². The molecule has 0 aliphatic heterocycles. The molecule has 1 aromatic carbocycles. The smallest absolute Gasteiger partial charge is 0.276 e.